The Morgan fingerprint density at radius 3 is 2.62 bits per heavy atom. The largest absolute Gasteiger partial charge is 0.334 e. The number of aliphatic imine (C=N–C) groups is 1. The summed E-state index contributed by atoms with van der Waals surface area (Å²) in [6.45, 7) is 4.13. The van der Waals surface area contributed by atoms with Gasteiger partial charge in [-0.1, -0.05) is 25.3 Å². The van der Waals surface area contributed by atoms with Crippen molar-refractivity contribution in [3.05, 3.63) is 11.8 Å². The van der Waals surface area contributed by atoms with Crippen molar-refractivity contribution < 1.29 is 0 Å². The zero-order valence-corrected chi connectivity index (χ0v) is 10.7. The summed E-state index contributed by atoms with van der Waals surface area (Å²) in [6, 6.07) is 0. The molecule has 1 heterocycles. The van der Waals surface area contributed by atoms with E-state index in [0.717, 1.165) is 19.5 Å². The summed E-state index contributed by atoms with van der Waals surface area (Å²) >= 11 is 0. The Kier molecular flexibility index (Phi) is 6.16. The average molecular weight is 223 g/mol. The molecule has 3 nitrogen and oxygen atoms in total. The van der Waals surface area contributed by atoms with Gasteiger partial charge in [-0.05, 0) is 26.3 Å². The second-order valence-corrected chi connectivity index (χ2v) is 4.40. The van der Waals surface area contributed by atoms with Gasteiger partial charge >= 0.3 is 0 Å². The van der Waals surface area contributed by atoms with Crippen LogP contribution < -0.4 is 5.73 Å². The van der Waals surface area contributed by atoms with Crippen LogP contribution in [0, 0.1) is 0 Å². The number of allylic oxidation sites excluding steroid dienone is 1. The fourth-order valence-corrected chi connectivity index (χ4v) is 2.12. The quantitative estimate of drug-likeness (QED) is 0.674. The van der Waals surface area contributed by atoms with Gasteiger partial charge in [0.05, 0.1) is 0 Å². The van der Waals surface area contributed by atoms with Gasteiger partial charge in [0, 0.05) is 25.7 Å². The molecule has 0 atom stereocenters. The molecule has 1 aliphatic rings. The number of nitrogens with two attached hydrogens (primary N) is 1. The van der Waals surface area contributed by atoms with Crippen molar-refractivity contribution in [2.24, 2.45) is 10.7 Å². The molecular weight excluding hydrogens is 198 g/mol. The van der Waals surface area contributed by atoms with Crippen LogP contribution in [0.3, 0.4) is 0 Å². The maximum Gasteiger partial charge on any atom is 0.107 e. The number of nitrogens with zero attached hydrogens (tertiary/aromatic N) is 2. The van der Waals surface area contributed by atoms with Crippen molar-refractivity contribution in [2.45, 2.75) is 45.4 Å². The summed E-state index contributed by atoms with van der Waals surface area (Å²) in [7, 11) is 1.88. The minimum Gasteiger partial charge on any atom is -0.334 e. The van der Waals surface area contributed by atoms with Gasteiger partial charge in [0.2, 0.25) is 0 Å². The molecule has 0 aliphatic carbocycles. The highest BCUT2D eigenvalue weighted by Crippen LogP contribution is 2.18. The summed E-state index contributed by atoms with van der Waals surface area (Å²) < 4.78 is 0. The fraction of sp³-hybridized carbons (Fsp3) is 0.769. The molecule has 3 heteroatoms. The highest BCUT2D eigenvalue weighted by molar-refractivity contribution is 5.87. The van der Waals surface area contributed by atoms with E-state index < -0.39 is 0 Å². The Morgan fingerprint density at radius 1 is 1.25 bits per heavy atom. The SMILES string of the molecule is CN=C1CC=C(C)N1CCCCCCCN. The summed E-state index contributed by atoms with van der Waals surface area (Å²) in [5.74, 6) is 1.22. The first-order valence-electron chi connectivity index (χ1n) is 6.39. The van der Waals surface area contributed by atoms with Crippen LogP contribution in [-0.4, -0.2) is 30.9 Å². The van der Waals surface area contributed by atoms with E-state index in [9.17, 15) is 0 Å². The van der Waals surface area contributed by atoms with Crippen LogP contribution in [0.5, 0.6) is 0 Å². The lowest BCUT2D eigenvalue weighted by atomic mass is 10.1. The molecule has 0 aromatic rings. The van der Waals surface area contributed by atoms with E-state index in [1.165, 1.54) is 43.6 Å². The minimum absolute atomic E-state index is 0.834. The molecule has 92 valence electrons. The molecule has 0 saturated heterocycles. The molecule has 0 aromatic carbocycles. The summed E-state index contributed by atoms with van der Waals surface area (Å²) in [5, 5.41) is 0. The van der Waals surface area contributed by atoms with E-state index in [-0.39, 0.29) is 0 Å². The van der Waals surface area contributed by atoms with Gasteiger partial charge in [0.15, 0.2) is 0 Å². The van der Waals surface area contributed by atoms with E-state index in [1.807, 2.05) is 7.05 Å². The van der Waals surface area contributed by atoms with Gasteiger partial charge in [-0.15, -0.1) is 0 Å². The van der Waals surface area contributed by atoms with Crippen molar-refractivity contribution >= 4 is 5.84 Å². The molecule has 0 fully saturated rings. The zero-order chi connectivity index (χ0) is 11.8. The molecule has 0 aromatic heterocycles. The van der Waals surface area contributed by atoms with E-state index in [1.54, 1.807) is 0 Å². The molecule has 2 N–H and O–H groups in total. The smallest absolute Gasteiger partial charge is 0.107 e. The Hall–Kier alpha value is -0.830. The zero-order valence-electron chi connectivity index (χ0n) is 10.7. The van der Waals surface area contributed by atoms with Gasteiger partial charge < -0.3 is 10.6 Å². The maximum atomic E-state index is 5.47. The molecule has 16 heavy (non-hydrogen) atoms. The lowest BCUT2D eigenvalue weighted by molar-refractivity contribution is 0.479. The highest BCUT2D eigenvalue weighted by Gasteiger charge is 2.16. The standard InChI is InChI=1S/C13H25N3/c1-12-8-9-13(15-2)16(12)11-7-5-3-4-6-10-14/h8H,3-7,9-11,14H2,1-2H3. The van der Waals surface area contributed by atoms with Crippen LogP contribution in [0.4, 0.5) is 0 Å². The predicted molar refractivity (Wildman–Crippen MR) is 70.6 cm³/mol. The fourth-order valence-electron chi connectivity index (χ4n) is 2.12. The monoisotopic (exact) mass is 223 g/mol. The van der Waals surface area contributed by atoms with Crippen molar-refractivity contribution in [3.8, 4) is 0 Å². The van der Waals surface area contributed by atoms with Crippen molar-refractivity contribution in [1.29, 1.82) is 0 Å². The molecule has 1 aliphatic heterocycles. The topological polar surface area (TPSA) is 41.6 Å². The number of unbranched alkanes of at least 4 members (excludes halogenated alkanes) is 4. The van der Waals surface area contributed by atoms with Crippen LogP contribution in [0.1, 0.15) is 45.4 Å². The molecule has 0 unspecified atom stereocenters. The van der Waals surface area contributed by atoms with Gasteiger partial charge in [-0.3, -0.25) is 4.99 Å². The number of rotatable bonds is 7. The number of amidine groups is 1. The van der Waals surface area contributed by atoms with Gasteiger partial charge in [-0.25, -0.2) is 0 Å². The van der Waals surface area contributed by atoms with Crippen LogP contribution in [0.15, 0.2) is 16.8 Å². The van der Waals surface area contributed by atoms with Crippen molar-refractivity contribution in [3.63, 3.8) is 0 Å². The third-order valence-electron chi connectivity index (χ3n) is 3.16. The Morgan fingerprint density at radius 2 is 1.94 bits per heavy atom. The third kappa shape index (κ3) is 3.97. The summed E-state index contributed by atoms with van der Waals surface area (Å²) in [6.07, 6.45) is 9.60. The summed E-state index contributed by atoms with van der Waals surface area (Å²) in [4.78, 5) is 6.67. The third-order valence-corrected chi connectivity index (χ3v) is 3.16. The maximum absolute atomic E-state index is 5.47. The Bertz CT molecular complexity index is 256. The highest BCUT2D eigenvalue weighted by atomic mass is 15.2. The molecule has 0 spiro atoms. The summed E-state index contributed by atoms with van der Waals surface area (Å²) in [5.41, 5.74) is 6.83. The molecule has 0 saturated carbocycles. The molecule has 0 amide bonds. The second kappa shape index (κ2) is 7.44. The predicted octanol–water partition coefficient (Wildman–Crippen LogP) is 2.53. The van der Waals surface area contributed by atoms with Gasteiger partial charge in [-0.2, -0.15) is 0 Å². The van der Waals surface area contributed by atoms with Crippen LogP contribution in [-0.2, 0) is 0 Å². The van der Waals surface area contributed by atoms with Gasteiger partial charge in [0.1, 0.15) is 5.84 Å². The molecule has 0 bridgehead atoms. The van der Waals surface area contributed by atoms with E-state index in [0.29, 0.717) is 0 Å². The minimum atomic E-state index is 0.834. The first kappa shape index (κ1) is 13.2. The number of hydrogen-bond donors (Lipinski definition) is 1. The van der Waals surface area contributed by atoms with Crippen LogP contribution in [0.2, 0.25) is 0 Å². The average Bonchev–Trinajstić information content (AvgIpc) is 2.65. The molecular formula is C13H25N3. The normalized spacial score (nSPS) is 18.3. The van der Waals surface area contributed by atoms with Crippen LogP contribution >= 0.6 is 0 Å². The van der Waals surface area contributed by atoms with E-state index >= 15 is 0 Å². The number of hydrogen-bond acceptors (Lipinski definition) is 2. The lowest BCUT2D eigenvalue weighted by Crippen LogP contribution is -2.25. The Balaban J connectivity index is 2.14. The van der Waals surface area contributed by atoms with E-state index in [2.05, 4.69) is 22.9 Å². The molecule has 0 radical (unpaired) electrons. The van der Waals surface area contributed by atoms with Crippen molar-refractivity contribution in [1.82, 2.24) is 4.90 Å². The van der Waals surface area contributed by atoms with Crippen molar-refractivity contribution in [2.75, 3.05) is 20.1 Å². The first-order chi connectivity index (χ1) is 7.79. The second-order valence-electron chi connectivity index (χ2n) is 4.40. The van der Waals surface area contributed by atoms with Gasteiger partial charge in [0.25, 0.3) is 0 Å². The Labute approximate surface area is 99.4 Å². The van der Waals surface area contributed by atoms with Crippen LogP contribution in [0.25, 0.3) is 0 Å². The van der Waals surface area contributed by atoms with E-state index in [4.69, 9.17) is 5.73 Å². The molecule has 1 rings (SSSR count). The first-order valence-corrected chi connectivity index (χ1v) is 6.39. The lowest BCUT2D eigenvalue weighted by Gasteiger charge is -2.21.